The molecule has 1 aliphatic rings. The van der Waals surface area contributed by atoms with Gasteiger partial charge in [0.1, 0.15) is 17.3 Å². The summed E-state index contributed by atoms with van der Waals surface area (Å²) >= 11 is 0. The molecule has 4 rings (SSSR count). The molecule has 1 heterocycles. The largest absolute Gasteiger partial charge is 0.507 e. The van der Waals surface area contributed by atoms with E-state index in [-0.39, 0.29) is 11.3 Å². The molecular weight excluding hydrogens is 498 g/mol. The Morgan fingerprint density at radius 3 is 2.08 bits per heavy atom. The maximum Gasteiger partial charge on any atom is 0.300 e. The summed E-state index contributed by atoms with van der Waals surface area (Å²) in [5.74, 6) is 0.746. The van der Waals surface area contributed by atoms with Gasteiger partial charge in [0.05, 0.1) is 39.0 Å². The topological polar surface area (TPSA) is 94.5 Å². The molecule has 0 radical (unpaired) electrons. The summed E-state index contributed by atoms with van der Waals surface area (Å²) in [6.07, 6.45) is 0. The third-order valence-corrected chi connectivity index (χ3v) is 6.30. The fourth-order valence-electron chi connectivity index (χ4n) is 4.43. The van der Waals surface area contributed by atoms with E-state index in [0.29, 0.717) is 58.9 Å². The standard InChI is InChI=1S/C31H33NO7/c1-6-38-23-14-10-22(11-15-23)32-28(21-9-16-25(36-4)26(17-21)37-5)27(30(34)31(32)35)29(33)20-7-12-24(13-8-20)39-18-19(2)3/h7-17,19,28,33H,6,18H2,1-5H3/b29-27-. The number of anilines is 1. The first-order chi connectivity index (χ1) is 18.8. The van der Waals surface area contributed by atoms with Gasteiger partial charge in [0, 0.05) is 11.3 Å². The second-order valence-corrected chi connectivity index (χ2v) is 9.44. The Bertz CT molecular complexity index is 1360. The van der Waals surface area contributed by atoms with E-state index in [2.05, 4.69) is 13.8 Å². The summed E-state index contributed by atoms with van der Waals surface area (Å²) in [5, 5.41) is 11.4. The number of amides is 1. The first-order valence-electron chi connectivity index (χ1n) is 12.8. The second kappa shape index (κ2) is 11.9. The molecule has 1 saturated heterocycles. The predicted octanol–water partition coefficient (Wildman–Crippen LogP) is 5.76. The number of aliphatic hydroxyl groups is 1. The zero-order chi connectivity index (χ0) is 28.1. The highest BCUT2D eigenvalue weighted by Crippen LogP contribution is 2.44. The Kier molecular flexibility index (Phi) is 8.44. The van der Waals surface area contributed by atoms with Crippen molar-refractivity contribution in [3.8, 4) is 23.0 Å². The molecule has 0 saturated carbocycles. The van der Waals surface area contributed by atoms with E-state index in [0.717, 1.165) is 0 Å². The van der Waals surface area contributed by atoms with Crippen LogP contribution < -0.4 is 23.8 Å². The van der Waals surface area contributed by atoms with Crippen LogP contribution in [-0.2, 0) is 9.59 Å². The molecule has 204 valence electrons. The van der Waals surface area contributed by atoms with Crippen LogP contribution >= 0.6 is 0 Å². The Hall–Kier alpha value is -4.46. The van der Waals surface area contributed by atoms with Crippen LogP contribution in [0.5, 0.6) is 23.0 Å². The van der Waals surface area contributed by atoms with Gasteiger partial charge in [-0.1, -0.05) is 19.9 Å². The van der Waals surface area contributed by atoms with Gasteiger partial charge in [0.15, 0.2) is 11.5 Å². The van der Waals surface area contributed by atoms with Gasteiger partial charge in [-0.05, 0) is 79.1 Å². The molecule has 1 aliphatic heterocycles. The molecule has 1 N–H and O–H groups in total. The molecule has 1 fully saturated rings. The van der Waals surface area contributed by atoms with Crippen LogP contribution in [0.4, 0.5) is 5.69 Å². The van der Waals surface area contributed by atoms with Gasteiger partial charge in [-0.2, -0.15) is 0 Å². The Labute approximate surface area is 228 Å². The van der Waals surface area contributed by atoms with Gasteiger partial charge in [-0.25, -0.2) is 0 Å². The number of hydrogen-bond acceptors (Lipinski definition) is 7. The lowest BCUT2D eigenvalue weighted by Crippen LogP contribution is -2.29. The van der Waals surface area contributed by atoms with E-state index in [1.54, 1.807) is 66.7 Å². The lowest BCUT2D eigenvalue weighted by molar-refractivity contribution is -0.132. The molecule has 0 aliphatic carbocycles. The molecule has 8 heteroatoms. The van der Waals surface area contributed by atoms with Crippen LogP contribution in [-0.4, -0.2) is 44.2 Å². The molecule has 1 unspecified atom stereocenters. The third-order valence-electron chi connectivity index (χ3n) is 6.30. The van der Waals surface area contributed by atoms with Gasteiger partial charge >= 0.3 is 0 Å². The lowest BCUT2D eigenvalue weighted by atomic mass is 9.94. The average Bonchev–Trinajstić information content (AvgIpc) is 3.22. The maximum atomic E-state index is 13.5. The van der Waals surface area contributed by atoms with Crippen LogP contribution in [0, 0.1) is 5.92 Å². The van der Waals surface area contributed by atoms with Crippen molar-refractivity contribution in [2.45, 2.75) is 26.8 Å². The molecule has 1 atom stereocenters. The van der Waals surface area contributed by atoms with Crippen molar-refractivity contribution in [3.63, 3.8) is 0 Å². The fraction of sp³-hybridized carbons (Fsp3) is 0.290. The summed E-state index contributed by atoms with van der Waals surface area (Å²) < 4.78 is 22.1. The molecule has 1 amide bonds. The Balaban J connectivity index is 1.84. The van der Waals surface area contributed by atoms with Crippen LogP contribution in [0.3, 0.4) is 0 Å². The van der Waals surface area contributed by atoms with Crippen molar-refractivity contribution in [1.29, 1.82) is 0 Å². The number of rotatable bonds is 10. The number of carbonyl (C=O) groups excluding carboxylic acids is 2. The lowest BCUT2D eigenvalue weighted by Gasteiger charge is -2.26. The van der Waals surface area contributed by atoms with Crippen LogP contribution in [0.1, 0.15) is 37.9 Å². The molecule has 8 nitrogen and oxygen atoms in total. The quantitative estimate of drug-likeness (QED) is 0.202. The number of methoxy groups -OCH3 is 2. The van der Waals surface area contributed by atoms with Gasteiger partial charge in [0.2, 0.25) is 0 Å². The Morgan fingerprint density at radius 1 is 0.872 bits per heavy atom. The summed E-state index contributed by atoms with van der Waals surface area (Å²) in [4.78, 5) is 28.3. The molecule has 0 aromatic heterocycles. The van der Waals surface area contributed by atoms with Crippen molar-refractivity contribution in [2.75, 3.05) is 32.3 Å². The normalized spacial score (nSPS) is 16.5. The van der Waals surface area contributed by atoms with Crippen LogP contribution in [0.25, 0.3) is 5.76 Å². The summed E-state index contributed by atoms with van der Waals surface area (Å²) in [7, 11) is 3.03. The first kappa shape index (κ1) is 27.6. The first-order valence-corrected chi connectivity index (χ1v) is 12.8. The number of ketones is 1. The molecule has 0 spiro atoms. The van der Waals surface area contributed by atoms with E-state index < -0.39 is 17.7 Å². The highest BCUT2D eigenvalue weighted by atomic mass is 16.5. The minimum Gasteiger partial charge on any atom is -0.507 e. The molecule has 0 bridgehead atoms. The Morgan fingerprint density at radius 2 is 1.49 bits per heavy atom. The SMILES string of the molecule is CCOc1ccc(N2C(=O)C(=O)/C(=C(\O)c3ccc(OCC(C)C)cc3)C2c2ccc(OC)c(OC)c2)cc1. The zero-order valence-electron chi connectivity index (χ0n) is 22.8. The number of hydrogen-bond donors (Lipinski definition) is 1. The fourth-order valence-corrected chi connectivity index (χ4v) is 4.43. The van der Waals surface area contributed by atoms with Crippen molar-refractivity contribution in [1.82, 2.24) is 0 Å². The number of benzene rings is 3. The van der Waals surface area contributed by atoms with Gasteiger partial charge in [-0.3, -0.25) is 14.5 Å². The maximum absolute atomic E-state index is 13.5. The molecular formula is C31H33NO7. The zero-order valence-corrected chi connectivity index (χ0v) is 22.8. The second-order valence-electron chi connectivity index (χ2n) is 9.44. The van der Waals surface area contributed by atoms with E-state index >= 15 is 0 Å². The number of Topliss-reactive ketones (excluding diaryl/α,β-unsaturated/α-hetero) is 1. The molecule has 3 aromatic rings. The third kappa shape index (κ3) is 5.70. The van der Waals surface area contributed by atoms with Crippen LogP contribution in [0.15, 0.2) is 72.3 Å². The smallest absolute Gasteiger partial charge is 0.300 e. The monoisotopic (exact) mass is 531 g/mol. The van der Waals surface area contributed by atoms with Gasteiger partial charge < -0.3 is 24.1 Å². The van der Waals surface area contributed by atoms with Crippen molar-refractivity contribution < 1.29 is 33.6 Å². The number of carbonyl (C=O) groups is 2. The van der Waals surface area contributed by atoms with Crippen molar-refractivity contribution in [2.24, 2.45) is 5.92 Å². The van der Waals surface area contributed by atoms with Gasteiger partial charge in [-0.15, -0.1) is 0 Å². The number of ether oxygens (including phenoxy) is 4. The van der Waals surface area contributed by atoms with E-state index in [4.69, 9.17) is 18.9 Å². The summed E-state index contributed by atoms with van der Waals surface area (Å²) in [6, 6.07) is 17.9. The highest BCUT2D eigenvalue weighted by Gasteiger charge is 2.47. The predicted molar refractivity (Wildman–Crippen MR) is 149 cm³/mol. The molecule has 39 heavy (non-hydrogen) atoms. The van der Waals surface area contributed by atoms with Crippen molar-refractivity contribution >= 4 is 23.1 Å². The minimum absolute atomic E-state index is 0.0306. The summed E-state index contributed by atoms with van der Waals surface area (Å²) in [5.41, 5.74) is 1.41. The van der Waals surface area contributed by atoms with Gasteiger partial charge in [0.25, 0.3) is 11.7 Å². The average molecular weight is 532 g/mol. The van der Waals surface area contributed by atoms with Crippen molar-refractivity contribution in [3.05, 3.63) is 83.4 Å². The van der Waals surface area contributed by atoms with Crippen LogP contribution in [0.2, 0.25) is 0 Å². The molecule has 3 aromatic carbocycles. The van der Waals surface area contributed by atoms with E-state index in [9.17, 15) is 14.7 Å². The minimum atomic E-state index is -0.917. The van der Waals surface area contributed by atoms with E-state index in [1.807, 2.05) is 6.92 Å². The summed E-state index contributed by atoms with van der Waals surface area (Å²) in [6.45, 7) is 7.04. The highest BCUT2D eigenvalue weighted by molar-refractivity contribution is 6.51. The number of nitrogens with zero attached hydrogens (tertiary/aromatic N) is 1. The van der Waals surface area contributed by atoms with E-state index in [1.165, 1.54) is 19.1 Å². The number of aliphatic hydroxyl groups excluding tert-OH is 1.